The van der Waals surface area contributed by atoms with E-state index in [1.807, 2.05) is 22.9 Å². The SMILES string of the molecule is O=C(NCc1cccs1)C(=O)NCc1ccc(C(=O)c2ccsc2)s1. The van der Waals surface area contributed by atoms with Gasteiger partial charge in [-0.3, -0.25) is 14.4 Å². The molecule has 0 atom stereocenters. The quantitative estimate of drug-likeness (QED) is 0.502. The summed E-state index contributed by atoms with van der Waals surface area (Å²) in [6.07, 6.45) is 0. The van der Waals surface area contributed by atoms with Gasteiger partial charge in [-0.2, -0.15) is 11.3 Å². The smallest absolute Gasteiger partial charge is 0.309 e. The molecule has 0 fully saturated rings. The Labute approximate surface area is 156 Å². The molecule has 5 nitrogen and oxygen atoms in total. The number of thiophene rings is 3. The van der Waals surface area contributed by atoms with Gasteiger partial charge in [0, 0.05) is 20.7 Å². The molecule has 2 amide bonds. The van der Waals surface area contributed by atoms with Crippen LogP contribution in [0, 0.1) is 0 Å². The lowest BCUT2D eigenvalue weighted by Crippen LogP contribution is -2.39. The average Bonchev–Trinajstić information content (AvgIpc) is 3.39. The van der Waals surface area contributed by atoms with Crippen molar-refractivity contribution >= 4 is 51.6 Å². The van der Waals surface area contributed by atoms with Crippen molar-refractivity contribution in [3.63, 3.8) is 0 Å². The second-order valence-electron chi connectivity index (χ2n) is 5.05. The topological polar surface area (TPSA) is 75.3 Å². The molecular formula is C17H14N2O3S3. The number of carbonyl (C=O) groups is 3. The van der Waals surface area contributed by atoms with Crippen LogP contribution in [0.15, 0.2) is 46.5 Å². The third-order valence-electron chi connectivity index (χ3n) is 3.30. The van der Waals surface area contributed by atoms with Gasteiger partial charge in [0.25, 0.3) is 0 Å². The van der Waals surface area contributed by atoms with E-state index in [2.05, 4.69) is 10.6 Å². The lowest BCUT2D eigenvalue weighted by molar-refractivity contribution is -0.139. The molecule has 3 rings (SSSR count). The van der Waals surface area contributed by atoms with Gasteiger partial charge in [0.1, 0.15) is 0 Å². The molecule has 0 spiro atoms. The van der Waals surface area contributed by atoms with E-state index in [4.69, 9.17) is 0 Å². The van der Waals surface area contributed by atoms with Crippen molar-refractivity contribution in [3.05, 3.63) is 66.7 Å². The highest BCUT2D eigenvalue weighted by Crippen LogP contribution is 2.21. The zero-order valence-electron chi connectivity index (χ0n) is 13.0. The summed E-state index contributed by atoms with van der Waals surface area (Å²) in [5, 5.41) is 10.7. The Morgan fingerprint density at radius 3 is 2.28 bits per heavy atom. The largest absolute Gasteiger partial charge is 0.343 e. The Morgan fingerprint density at radius 2 is 1.64 bits per heavy atom. The normalized spacial score (nSPS) is 10.4. The molecule has 128 valence electrons. The molecule has 0 aromatic carbocycles. The molecule has 0 aliphatic rings. The third-order valence-corrected chi connectivity index (χ3v) is 5.95. The van der Waals surface area contributed by atoms with Crippen molar-refractivity contribution in [1.82, 2.24) is 10.6 Å². The van der Waals surface area contributed by atoms with Crippen LogP contribution in [0.1, 0.15) is 25.0 Å². The number of hydrogen-bond donors (Lipinski definition) is 2. The van der Waals surface area contributed by atoms with Crippen LogP contribution in [0.25, 0.3) is 0 Å². The van der Waals surface area contributed by atoms with E-state index in [9.17, 15) is 14.4 Å². The molecule has 0 aliphatic carbocycles. The van der Waals surface area contributed by atoms with E-state index in [-0.39, 0.29) is 12.3 Å². The Kier molecular flexibility index (Phi) is 5.75. The van der Waals surface area contributed by atoms with E-state index in [0.717, 1.165) is 9.75 Å². The van der Waals surface area contributed by atoms with Gasteiger partial charge < -0.3 is 10.6 Å². The van der Waals surface area contributed by atoms with E-state index in [1.165, 1.54) is 34.0 Å². The van der Waals surface area contributed by atoms with Crippen LogP contribution < -0.4 is 10.6 Å². The van der Waals surface area contributed by atoms with Crippen LogP contribution in [-0.4, -0.2) is 17.6 Å². The number of rotatable bonds is 6. The minimum absolute atomic E-state index is 0.0301. The summed E-state index contributed by atoms with van der Waals surface area (Å²) in [7, 11) is 0. The van der Waals surface area contributed by atoms with Gasteiger partial charge in [0.2, 0.25) is 5.78 Å². The second kappa shape index (κ2) is 8.19. The second-order valence-corrected chi connectivity index (χ2v) is 8.03. The summed E-state index contributed by atoms with van der Waals surface area (Å²) < 4.78 is 0. The molecule has 0 saturated heterocycles. The fourth-order valence-corrected chi connectivity index (χ4v) is 4.23. The zero-order chi connectivity index (χ0) is 17.6. The van der Waals surface area contributed by atoms with Crippen LogP contribution >= 0.6 is 34.0 Å². The van der Waals surface area contributed by atoms with Crippen molar-refractivity contribution in [2.45, 2.75) is 13.1 Å². The summed E-state index contributed by atoms with van der Waals surface area (Å²) in [4.78, 5) is 38.2. The van der Waals surface area contributed by atoms with Crippen LogP contribution in [0.4, 0.5) is 0 Å². The maximum Gasteiger partial charge on any atom is 0.309 e. The molecular weight excluding hydrogens is 376 g/mol. The molecule has 0 unspecified atom stereocenters. The van der Waals surface area contributed by atoms with Gasteiger partial charge in [-0.15, -0.1) is 22.7 Å². The summed E-state index contributed by atoms with van der Waals surface area (Å²) in [6, 6.07) is 9.09. The van der Waals surface area contributed by atoms with Gasteiger partial charge in [-0.25, -0.2) is 0 Å². The summed E-state index contributed by atoms with van der Waals surface area (Å²) in [5.41, 5.74) is 0.662. The van der Waals surface area contributed by atoms with Crippen LogP contribution in [0.2, 0.25) is 0 Å². The molecule has 3 heterocycles. The number of carbonyl (C=O) groups excluding carboxylic acids is 3. The number of hydrogen-bond acceptors (Lipinski definition) is 6. The molecule has 8 heteroatoms. The highest BCUT2D eigenvalue weighted by atomic mass is 32.1. The Balaban J connectivity index is 1.49. The summed E-state index contributed by atoms with van der Waals surface area (Å²) >= 11 is 4.30. The van der Waals surface area contributed by atoms with Crippen molar-refractivity contribution < 1.29 is 14.4 Å². The number of nitrogens with one attached hydrogen (secondary N) is 2. The number of ketones is 1. The first kappa shape index (κ1) is 17.5. The molecule has 25 heavy (non-hydrogen) atoms. The lowest BCUT2D eigenvalue weighted by Gasteiger charge is -2.04. The van der Waals surface area contributed by atoms with Gasteiger partial charge >= 0.3 is 11.8 Å². The predicted octanol–water partition coefficient (Wildman–Crippen LogP) is 3.03. The minimum Gasteiger partial charge on any atom is -0.343 e. The molecule has 0 aliphatic heterocycles. The van der Waals surface area contributed by atoms with Crippen molar-refractivity contribution in [3.8, 4) is 0 Å². The molecule has 3 aromatic rings. The molecule has 2 N–H and O–H groups in total. The molecule has 0 radical (unpaired) electrons. The van der Waals surface area contributed by atoms with Gasteiger partial charge in [0.15, 0.2) is 0 Å². The van der Waals surface area contributed by atoms with E-state index in [0.29, 0.717) is 17.0 Å². The van der Waals surface area contributed by atoms with Gasteiger partial charge in [-0.05, 0) is 35.0 Å². The molecule has 0 saturated carbocycles. The highest BCUT2D eigenvalue weighted by molar-refractivity contribution is 7.14. The number of amides is 2. The van der Waals surface area contributed by atoms with E-state index < -0.39 is 11.8 Å². The predicted molar refractivity (Wildman–Crippen MR) is 100 cm³/mol. The first-order valence-electron chi connectivity index (χ1n) is 7.37. The lowest BCUT2D eigenvalue weighted by atomic mass is 10.2. The standard InChI is InChI=1S/C17H14N2O3S3/c20-15(11-5-7-23-10-11)14-4-3-13(25-14)9-19-17(22)16(21)18-8-12-2-1-6-24-12/h1-7,10H,8-9H2,(H,18,21)(H,19,22). The van der Waals surface area contributed by atoms with Crippen LogP contribution in [-0.2, 0) is 22.7 Å². The Bertz CT molecular complexity index is 867. The fourth-order valence-electron chi connectivity index (χ4n) is 2.04. The zero-order valence-corrected chi connectivity index (χ0v) is 15.4. The van der Waals surface area contributed by atoms with Crippen molar-refractivity contribution in [1.29, 1.82) is 0 Å². The van der Waals surface area contributed by atoms with E-state index >= 15 is 0 Å². The highest BCUT2D eigenvalue weighted by Gasteiger charge is 2.15. The first-order chi connectivity index (χ1) is 12.1. The fraction of sp³-hybridized carbons (Fsp3) is 0.118. The van der Waals surface area contributed by atoms with Crippen LogP contribution in [0.5, 0.6) is 0 Å². The first-order valence-corrected chi connectivity index (χ1v) is 10.0. The minimum atomic E-state index is -0.685. The Hall–Kier alpha value is -2.29. The van der Waals surface area contributed by atoms with Crippen LogP contribution in [0.3, 0.4) is 0 Å². The van der Waals surface area contributed by atoms with Gasteiger partial charge in [0.05, 0.1) is 18.0 Å². The molecule has 3 aromatic heterocycles. The third kappa shape index (κ3) is 4.62. The monoisotopic (exact) mass is 390 g/mol. The van der Waals surface area contributed by atoms with Crippen molar-refractivity contribution in [2.75, 3.05) is 0 Å². The summed E-state index contributed by atoms with van der Waals surface area (Å²) in [6.45, 7) is 0.551. The average molecular weight is 391 g/mol. The maximum atomic E-state index is 12.2. The maximum absolute atomic E-state index is 12.2. The van der Waals surface area contributed by atoms with E-state index in [1.54, 1.807) is 23.6 Å². The molecule has 0 bridgehead atoms. The van der Waals surface area contributed by atoms with Gasteiger partial charge in [-0.1, -0.05) is 6.07 Å². The Morgan fingerprint density at radius 1 is 0.880 bits per heavy atom. The van der Waals surface area contributed by atoms with Crippen molar-refractivity contribution in [2.24, 2.45) is 0 Å². The summed E-state index contributed by atoms with van der Waals surface area (Å²) in [5.74, 6) is -1.38.